The first kappa shape index (κ1) is 14.7. The Hall–Kier alpha value is -2.86. The number of rotatable bonds is 0. The van der Waals surface area contributed by atoms with Gasteiger partial charge < -0.3 is 0 Å². The van der Waals surface area contributed by atoms with Crippen molar-refractivity contribution in [2.45, 2.75) is 13.8 Å². The lowest BCUT2D eigenvalue weighted by atomic mass is 9.97. The summed E-state index contributed by atoms with van der Waals surface area (Å²) in [6.45, 7) is 4.00. The third-order valence-corrected chi connectivity index (χ3v) is 4.52. The first-order valence-electron chi connectivity index (χ1n) is 8.62. The van der Waals surface area contributed by atoms with E-state index in [0.717, 1.165) is 0 Å². The Morgan fingerprint density at radius 2 is 0.542 bits per heavy atom. The maximum absolute atomic E-state index is 2.31. The lowest BCUT2D eigenvalue weighted by molar-refractivity contribution is 1.50. The summed E-state index contributed by atoms with van der Waals surface area (Å²) in [4.78, 5) is 0. The van der Waals surface area contributed by atoms with E-state index in [-0.39, 0.29) is 0 Å². The van der Waals surface area contributed by atoms with Crippen LogP contribution in [0, 0.1) is 0 Å². The molecule has 0 amide bonds. The highest BCUT2D eigenvalue weighted by Crippen LogP contribution is 2.29. The van der Waals surface area contributed by atoms with Gasteiger partial charge in [-0.15, -0.1) is 0 Å². The van der Waals surface area contributed by atoms with Crippen molar-refractivity contribution in [1.29, 1.82) is 0 Å². The zero-order valence-electron chi connectivity index (χ0n) is 14.1. The van der Waals surface area contributed by atoms with Gasteiger partial charge in [0, 0.05) is 0 Å². The number of hydrogen-bond acceptors (Lipinski definition) is 0. The van der Waals surface area contributed by atoms with Crippen LogP contribution in [0.4, 0.5) is 0 Å². The Morgan fingerprint density at radius 3 is 0.792 bits per heavy atom. The molecule has 0 aliphatic rings. The minimum atomic E-state index is 1.30. The van der Waals surface area contributed by atoms with E-state index in [9.17, 15) is 0 Å². The minimum absolute atomic E-state index is 1.30. The Bertz CT molecular complexity index is 982. The van der Waals surface area contributed by atoms with Crippen molar-refractivity contribution in [3.8, 4) is 0 Å². The smallest absolute Gasteiger partial charge is 0.0171 e. The lowest BCUT2D eigenvalue weighted by Gasteiger charge is -2.07. The van der Waals surface area contributed by atoms with Crippen LogP contribution in [0.1, 0.15) is 13.8 Å². The normalized spacial score (nSPS) is 10.9. The predicted octanol–water partition coefficient (Wildman–Crippen LogP) is 7.33. The molecule has 0 saturated heterocycles. The molecule has 0 aliphatic carbocycles. The summed E-state index contributed by atoms with van der Waals surface area (Å²) in [5.74, 6) is 0. The van der Waals surface area contributed by atoms with Crippen molar-refractivity contribution in [3.63, 3.8) is 0 Å². The highest BCUT2D eigenvalue weighted by atomic mass is 14.1. The van der Waals surface area contributed by atoms with E-state index in [0.29, 0.717) is 0 Å². The standard InChI is InChI=1S/C22H14.C2H6/c1-2-6-16-10-20-14-22-12-18-8-4-3-7-17(18)11-21(22)13-19(20)9-15(16)5-1;1-2/h1-14H;1-2H3. The van der Waals surface area contributed by atoms with E-state index in [1.807, 2.05) is 13.8 Å². The molecule has 0 nitrogen and oxygen atoms in total. The number of benzene rings is 5. The van der Waals surface area contributed by atoms with Crippen LogP contribution in [0.3, 0.4) is 0 Å². The second-order valence-corrected chi connectivity index (χ2v) is 5.95. The molecule has 0 N–H and O–H groups in total. The average Bonchev–Trinajstić information content (AvgIpc) is 2.64. The fourth-order valence-corrected chi connectivity index (χ4v) is 3.39. The van der Waals surface area contributed by atoms with E-state index in [2.05, 4.69) is 84.9 Å². The highest BCUT2D eigenvalue weighted by molar-refractivity contribution is 6.08. The van der Waals surface area contributed by atoms with Gasteiger partial charge in [0.05, 0.1) is 0 Å². The van der Waals surface area contributed by atoms with Crippen molar-refractivity contribution in [2.75, 3.05) is 0 Å². The van der Waals surface area contributed by atoms with Crippen molar-refractivity contribution in [2.24, 2.45) is 0 Å². The van der Waals surface area contributed by atoms with Crippen molar-refractivity contribution >= 4 is 43.1 Å². The van der Waals surface area contributed by atoms with Crippen molar-refractivity contribution < 1.29 is 0 Å². The maximum Gasteiger partial charge on any atom is -0.0171 e. The third kappa shape index (κ3) is 2.41. The van der Waals surface area contributed by atoms with E-state index in [4.69, 9.17) is 0 Å². The lowest BCUT2D eigenvalue weighted by Crippen LogP contribution is -1.80. The Balaban J connectivity index is 0.000000704. The Kier molecular flexibility index (Phi) is 3.66. The van der Waals surface area contributed by atoms with Crippen molar-refractivity contribution in [1.82, 2.24) is 0 Å². The molecule has 5 aromatic rings. The first-order chi connectivity index (χ1) is 11.9. The molecule has 0 radical (unpaired) electrons. The van der Waals surface area contributed by atoms with Crippen LogP contribution in [0.2, 0.25) is 0 Å². The summed E-state index contributed by atoms with van der Waals surface area (Å²) < 4.78 is 0. The molecule has 24 heavy (non-hydrogen) atoms. The van der Waals surface area contributed by atoms with Crippen LogP contribution in [0.25, 0.3) is 43.1 Å². The summed E-state index contributed by atoms with van der Waals surface area (Å²) in [6.07, 6.45) is 0. The summed E-state index contributed by atoms with van der Waals surface area (Å²) in [6, 6.07) is 30.9. The number of fused-ring (bicyclic) bond motifs is 4. The van der Waals surface area contributed by atoms with Gasteiger partial charge in [-0.3, -0.25) is 0 Å². The van der Waals surface area contributed by atoms with Crippen LogP contribution in [0.15, 0.2) is 84.9 Å². The topological polar surface area (TPSA) is 0 Å². The van der Waals surface area contributed by atoms with E-state index < -0.39 is 0 Å². The molecule has 5 rings (SSSR count). The fraction of sp³-hybridized carbons (Fsp3) is 0.0833. The second kappa shape index (κ2) is 5.98. The quantitative estimate of drug-likeness (QED) is 0.263. The van der Waals surface area contributed by atoms with Gasteiger partial charge in [-0.25, -0.2) is 0 Å². The SMILES string of the molecule is CC.c1ccc2cc3cc4cc5ccccc5cc4cc3cc2c1. The van der Waals surface area contributed by atoms with Gasteiger partial charge in [0.2, 0.25) is 0 Å². The molecule has 0 spiro atoms. The summed E-state index contributed by atoms with van der Waals surface area (Å²) >= 11 is 0. The molecule has 0 saturated carbocycles. The molecule has 0 fully saturated rings. The van der Waals surface area contributed by atoms with Crippen molar-refractivity contribution in [3.05, 3.63) is 84.9 Å². The molecule has 0 atom stereocenters. The molecule has 0 unspecified atom stereocenters. The van der Waals surface area contributed by atoms with Gasteiger partial charge in [0.15, 0.2) is 0 Å². The third-order valence-electron chi connectivity index (χ3n) is 4.52. The molecule has 0 aliphatic heterocycles. The molecule has 0 aromatic heterocycles. The van der Waals surface area contributed by atoms with Gasteiger partial charge in [-0.2, -0.15) is 0 Å². The molecule has 0 heterocycles. The van der Waals surface area contributed by atoms with Crippen LogP contribution >= 0.6 is 0 Å². The molecule has 0 heteroatoms. The molecular weight excluding hydrogens is 288 g/mol. The van der Waals surface area contributed by atoms with Gasteiger partial charge in [-0.05, 0) is 79.5 Å². The highest BCUT2D eigenvalue weighted by Gasteiger charge is 2.02. The largest absolute Gasteiger partial charge is 0.0683 e. The summed E-state index contributed by atoms with van der Waals surface area (Å²) in [5.41, 5.74) is 0. The molecule has 5 aromatic carbocycles. The molecule has 116 valence electrons. The Morgan fingerprint density at radius 1 is 0.333 bits per heavy atom. The predicted molar refractivity (Wildman–Crippen MR) is 108 cm³/mol. The first-order valence-corrected chi connectivity index (χ1v) is 8.62. The van der Waals surface area contributed by atoms with Crippen LogP contribution in [0.5, 0.6) is 0 Å². The summed E-state index contributed by atoms with van der Waals surface area (Å²) in [5, 5.41) is 10.4. The molecular formula is C24H20. The van der Waals surface area contributed by atoms with Crippen LogP contribution < -0.4 is 0 Å². The van der Waals surface area contributed by atoms with E-state index >= 15 is 0 Å². The van der Waals surface area contributed by atoms with E-state index in [1.54, 1.807) is 0 Å². The number of hydrogen-bond donors (Lipinski definition) is 0. The summed E-state index contributed by atoms with van der Waals surface area (Å²) in [7, 11) is 0. The zero-order valence-corrected chi connectivity index (χ0v) is 14.1. The average molecular weight is 308 g/mol. The molecule has 0 bridgehead atoms. The monoisotopic (exact) mass is 308 g/mol. The van der Waals surface area contributed by atoms with Crippen LogP contribution in [-0.2, 0) is 0 Å². The van der Waals surface area contributed by atoms with Gasteiger partial charge in [0.1, 0.15) is 0 Å². The van der Waals surface area contributed by atoms with Gasteiger partial charge >= 0.3 is 0 Å². The maximum atomic E-state index is 2.31. The van der Waals surface area contributed by atoms with Crippen LogP contribution in [-0.4, -0.2) is 0 Å². The Labute approximate surface area is 142 Å². The van der Waals surface area contributed by atoms with Gasteiger partial charge in [0.25, 0.3) is 0 Å². The fourth-order valence-electron chi connectivity index (χ4n) is 3.39. The zero-order chi connectivity index (χ0) is 16.5. The minimum Gasteiger partial charge on any atom is -0.0683 e. The second-order valence-electron chi connectivity index (χ2n) is 5.95. The van der Waals surface area contributed by atoms with E-state index in [1.165, 1.54) is 43.1 Å². The van der Waals surface area contributed by atoms with Gasteiger partial charge in [-0.1, -0.05) is 62.4 Å².